The zero-order valence-electron chi connectivity index (χ0n) is 7.48. The molecule has 0 fully saturated rings. The van der Waals surface area contributed by atoms with Crippen molar-refractivity contribution in [2.75, 3.05) is 0 Å². The van der Waals surface area contributed by atoms with Gasteiger partial charge in [0.1, 0.15) is 11.8 Å². The Morgan fingerprint density at radius 3 is 2.92 bits per heavy atom. The molecule has 0 amide bonds. The van der Waals surface area contributed by atoms with Gasteiger partial charge in [-0.25, -0.2) is 4.68 Å². The number of aldehydes is 1. The summed E-state index contributed by atoms with van der Waals surface area (Å²) in [4.78, 5) is 10.7. The highest BCUT2D eigenvalue weighted by atomic mass is 16.1. The van der Waals surface area contributed by atoms with Gasteiger partial charge in [-0.2, -0.15) is 0 Å². The average Bonchev–Trinajstić information content (AvgIpc) is 2.46. The molecule has 0 spiro atoms. The third-order valence-corrected chi connectivity index (χ3v) is 2.13. The second kappa shape index (κ2) is 2.65. The Balaban J connectivity index is 2.84. The van der Waals surface area contributed by atoms with Crippen LogP contribution in [0.2, 0.25) is 0 Å². The Morgan fingerprint density at radius 1 is 1.46 bits per heavy atom. The first-order valence-corrected chi connectivity index (χ1v) is 3.97. The van der Waals surface area contributed by atoms with Crippen molar-refractivity contribution in [1.29, 1.82) is 0 Å². The highest BCUT2D eigenvalue weighted by Crippen LogP contribution is 2.15. The molecule has 66 valence electrons. The lowest BCUT2D eigenvalue weighted by Crippen LogP contribution is -1.91. The van der Waals surface area contributed by atoms with Crippen LogP contribution < -0.4 is 0 Å². The summed E-state index contributed by atoms with van der Waals surface area (Å²) in [6, 6.07) is 3.67. The fraction of sp³-hybridized carbons (Fsp3) is 0.222. The monoisotopic (exact) mass is 175 g/mol. The Hall–Kier alpha value is -1.71. The van der Waals surface area contributed by atoms with E-state index in [4.69, 9.17) is 0 Å². The van der Waals surface area contributed by atoms with Crippen LogP contribution in [0.25, 0.3) is 11.0 Å². The van der Waals surface area contributed by atoms with E-state index in [1.807, 2.05) is 13.0 Å². The lowest BCUT2D eigenvalue weighted by atomic mass is 10.1. The second-order valence-electron chi connectivity index (χ2n) is 3.03. The van der Waals surface area contributed by atoms with Crippen LogP contribution in [0.1, 0.15) is 15.9 Å². The molecule has 0 radical (unpaired) electrons. The zero-order chi connectivity index (χ0) is 9.42. The van der Waals surface area contributed by atoms with E-state index in [-0.39, 0.29) is 0 Å². The minimum Gasteiger partial charge on any atom is -0.298 e. The molecule has 0 aliphatic carbocycles. The molecule has 1 aromatic heterocycles. The highest BCUT2D eigenvalue weighted by Gasteiger charge is 2.04. The number of aromatic nitrogens is 3. The summed E-state index contributed by atoms with van der Waals surface area (Å²) in [7, 11) is 1.80. The lowest BCUT2D eigenvalue weighted by molar-refractivity contribution is 0.112. The number of nitrogens with zero attached hydrogens (tertiary/aromatic N) is 3. The van der Waals surface area contributed by atoms with Gasteiger partial charge in [0.25, 0.3) is 0 Å². The number of fused-ring (bicyclic) bond motifs is 1. The Kier molecular flexibility index (Phi) is 1.62. The standard InChI is InChI=1S/C9H9N3O/c1-6-3-8-9(4-7(6)5-13)12(2)11-10-8/h3-5H,1-2H3. The van der Waals surface area contributed by atoms with Crippen molar-refractivity contribution < 1.29 is 4.79 Å². The van der Waals surface area contributed by atoms with Crippen molar-refractivity contribution in [3.05, 3.63) is 23.3 Å². The Labute approximate surface area is 75.2 Å². The number of benzene rings is 1. The van der Waals surface area contributed by atoms with E-state index in [2.05, 4.69) is 10.3 Å². The fourth-order valence-corrected chi connectivity index (χ4v) is 1.33. The molecule has 13 heavy (non-hydrogen) atoms. The molecule has 0 atom stereocenters. The number of hydrogen-bond donors (Lipinski definition) is 0. The summed E-state index contributed by atoms with van der Waals surface area (Å²) in [5, 5.41) is 7.81. The van der Waals surface area contributed by atoms with E-state index in [1.54, 1.807) is 17.8 Å². The number of rotatable bonds is 1. The molecule has 0 saturated heterocycles. The van der Waals surface area contributed by atoms with Gasteiger partial charge in [0.15, 0.2) is 0 Å². The average molecular weight is 175 g/mol. The maximum Gasteiger partial charge on any atom is 0.150 e. The molecule has 0 bridgehead atoms. The summed E-state index contributed by atoms with van der Waals surface area (Å²) >= 11 is 0. The van der Waals surface area contributed by atoms with Crippen molar-refractivity contribution in [1.82, 2.24) is 15.0 Å². The normalized spacial score (nSPS) is 10.6. The Bertz CT molecular complexity index is 473. The van der Waals surface area contributed by atoms with Crippen LogP contribution in [-0.2, 0) is 7.05 Å². The predicted molar refractivity (Wildman–Crippen MR) is 48.6 cm³/mol. The van der Waals surface area contributed by atoms with Crippen LogP contribution in [-0.4, -0.2) is 21.3 Å². The van der Waals surface area contributed by atoms with E-state index in [0.29, 0.717) is 5.56 Å². The smallest absolute Gasteiger partial charge is 0.150 e. The van der Waals surface area contributed by atoms with E-state index >= 15 is 0 Å². The molecule has 2 rings (SSSR count). The van der Waals surface area contributed by atoms with Crippen molar-refractivity contribution >= 4 is 17.3 Å². The molecular weight excluding hydrogens is 166 g/mol. The quantitative estimate of drug-likeness (QED) is 0.609. The third kappa shape index (κ3) is 1.11. The predicted octanol–water partition coefficient (Wildman–Crippen LogP) is 1.09. The Morgan fingerprint density at radius 2 is 2.23 bits per heavy atom. The topological polar surface area (TPSA) is 47.8 Å². The number of aryl methyl sites for hydroxylation is 2. The van der Waals surface area contributed by atoms with Crippen LogP contribution in [0.4, 0.5) is 0 Å². The van der Waals surface area contributed by atoms with Gasteiger partial charge in [0.2, 0.25) is 0 Å². The zero-order valence-corrected chi connectivity index (χ0v) is 7.48. The molecule has 0 N–H and O–H groups in total. The molecule has 1 heterocycles. The van der Waals surface area contributed by atoms with Crippen LogP contribution in [0.5, 0.6) is 0 Å². The van der Waals surface area contributed by atoms with E-state index in [0.717, 1.165) is 22.9 Å². The number of hydrogen-bond acceptors (Lipinski definition) is 3. The molecule has 0 saturated carbocycles. The van der Waals surface area contributed by atoms with Crippen molar-refractivity contribution in [2.45, 2.75) is 6.92 Å². The van der Waals surface area contributed by atoms with Crippen LogP contribution in [0, 0.1) is 6.92 Å². The molecule has 1 aromatic carbocycles. The van der Waals surface area contributed by atoms with E-state index in [9.17, 15) is 4.79 Å². The van der Waals surface area contributed by atoms with Gasteiger partial charge in [-0.1, -0.05) is 5.21 Å². The van der Waals surface area contributed by atoms with Gasteiger partial charge in [0.05, 0.1) is 5.52 Å². The number of carbonyl (C=O) groups is 1. The van der Waals surface area contributed by atoms with E-state index in [1.165, 1.54) is 0 Å². The minimum atomic E-state index is 0.693. The first-order valence-electron chi connectivity index (χ1n) is 3.97. The SMILES string of the molecule is Cc1cc2nnn(C)c2cc1C=O. The van der Waals surface area contributed by atoms with Gasteiger partial charge in [-0.15, -0.1) is 5.10 Å². The molecule has 4 heteroatoms. The van der Waals surface area contributed by atoms with Gasteiger partial charge in [0, 0.05) is 12.6 Å². The molecule has 0 aliphatic heterocycles. The second-order valence-corrected chi connectivity index (χ2v) is 3.03. The summed E-state index contributed by atoms with van der Waals surface area (Å²) < 4.78 is 1.65. The minimum absolute atomic E-state index is 0.693. The van der Waals surface area contributed by atoms with E-state index < -0.39 is 0 Å². The molecule has 2 aromatic rings. The van der Waals surface area contributed by atoms with Crippen molar-refractivity contribution in [2.24, 2.45) is 7.05 Å². The van der Waals surface area contributed by atoms with Gasteiger partial charge in [-0.05, 0) is 24.6 Å². The van der Waals surface area contributed by atoms with Gasteiger partial charge < -0.3 is 0 Å². The number of carbonyl (C=O) groups excluding carboxylic acids is 1. The van der Waals surface area contributed by atoms with Crippen LogP contribution in [0.3, 0.4) is 0 Å². The molecule has 0 unspecified atom stereocenters. The van der Waals surface area contributed by atoms with Crippen molar-refractivity contribution in [3.63, 3.8) is 0 Å². The fourth-order valence-electron chi connectivity index (χ4n) is 1.33. The first kappa shape index (κ1) is 7.91. The maximum atomic E-state index is 10.7. The summed E-state index contributed by atoms with van der Waals surface area (Å²) in [5.74, 6) is 0. The first-order chi connectivity index (χ1) is 6.22. The van der Waals surface area contributed by atoms with Gasteiger partial charge in [-0.3, -0.25) is 4.79 Å². The third-order valence-electron chi connectivity index (χ3n) is 2.13. The summed E-state index contributed by atoms with van der Waals surface area (Å²) in [6.07, 6.45) is 0.849. The van der Waals surface area contributed by atoms with Crippen molar-refractivity contribution in [3.8, 4) is 0 Å². The summed E-state index contributed by atoms with van der Waals surface area (Å²) in [6.45, 7) is 1.89. The molecular formula is C9H9N3O. The molecule has 4 nitrogen and oxygen atoms in total. The summed E-state index contributed by atoms with van der Waals surface area (Å²) in [5.41, 5.74) is 3.33. The highest BCUT2D eigenvalue weighted by molar-refractivity contribution is 5.86. The lowest BCUT2D eigenvalue weighted by Gasteiger charge is -1.97. The van der Waals surface area contributed by atoms with Crippen LogP contribution >= 0.6 is 0 Å². The maximum absolute atomic E-state index is 10.7. The molecule has 0 aliphatic rings. The largest absolute Gasteiger partial charge is 0.298 e. The van der Waals surface area contributed by atoms with Crippen LogP contribution in [0.15, 0.2) is 12.1 Å². The van der Waals surface area contributed by atoms with Gasteiger partial charge >= 0.3 is 0 Å².